The Morgan fingerprint density at radius 1 is 1.54 bits per heavy atom. The molecule has 0 radical (unpaired) electrons. The maximum atomic E-state index is 10.6. The zero-order valence-electron chi connectivity index (χ0n) is 8.32. The van der Waals surface area contributed by atoms with Crippen LogP contribution in [-0.2, 0) is 9.53 Å². The van der Waals surface area contributed by atoms with Crippen molar-refractivity contribution in [2.24, 2.45) is 11.8 Å². The van der Waals surface area contributed by atoms with Gasteiger partial charge < -0.3 is 9.84 Å². The van der Waals surface area contributed by atoms with E-state index in [1.165, 1.54) is 6.92 Å². The van der Waals surface area contributed by atoms with Gasteiger partial charge in [-0.1, -0.05) is 6.92 Å². The molecule has 0 aromatic carbocycles. The summed E-state index contributed by atoms with van der Waals surface area (Å²) in [6.07, 6.45) is 2.50. The standard InChI is InChI=1S/C10H18O3/c1-7-3-4-10(12)5-9(7)6-13-8(2)11/h7,9-10,12H,3-6H2,1-2H3. The van der Waals surface area contributed by atoms with E-state index in [0.29, 0.717) is 18.4 Å². The third kappa shape index (κ3) is 3.35. The van der Waals surface area contributed by atoms with Gasteiger partial charge in [-0.25, -0.2) is 0 Å². The van der Waals surface area contributed by atoms with Gasteiger partial charge in [0, 0.05) is 6.92 Å². The summed E-state index contributed by atoms with van der Waals surface area (Å²) in [7, 11) is 0. The summed E-state index contributed by atoms with van der Waals surface area (Å²) >= 11 is 0. The lowest BCUT2D eigenvalue weighted by Crippen LogP contribution is -2.29. The summed E-state index contributed by atoms with van der Waals surface area (Å²) in [5.74, 6) is 0.669. The molecule has 13 heavy (non-hydrogen) atoms. The Kier molecular flexibility index (Phi) is 3.72. The van der Waals surface area contributed by atoms with Gasteiger partial charge in [0.05, 0.1) is 12.7 Å². The molecule has 0 amide bonds. The highest BCUT2D eigenvalue weighted by molar-refractivity contribution is 5.65. The molecule has 76 valence electrons. The number of carbonyl (C=O) groups excluding carboxylic acids is 1. The van der Waals surface area contributed by atoms with E-state index in [1.807, 2.05) is 0 Å². The van der Waals surface area contributed by atoms with E-state index in [0.717, 1.165) is 19.3 Å². The molecule has 0 aliphatic heterocycles. The van der Waals surface area contributed by atoms with Gasteiger partial charge in [0.25, 0.3) is 0 Å². The highest BCUT2D eigenvalue weighted by Gasteiger charge is 2.27. The number of hydrogen-bond donors (Lipinski definition) is 1. The number of aliphatic hydroxyl groups is 1. The van der Waals surface area contributed by atoms with Crippen LogP contribution in [0.5, 0.6) is 0 Å². The van der Waals surface area contributed by atoms with Gasteiger partial charge in [-0.05, 0) is 31.1 Å². The van der Waals surface area contributed by atoms with Gasteiger partial charge in [-0.15, -0.1) is 0 Å². The minimum absolute atomic E-state index is 0.197. The molecule has 3 unspecified atom stereocenters. The van der Waals surface area contributed by atoms with Crippen LogP contribution >= 0.6 is 0 Å². The fourth-order valence-electron chi connectivity index (χ4n) is 1.85. The average molecular weight is 186 g/mol. The molecule has 1 aliphatic rings. The second-order valence-corrected chi connectivity index (χ2v) is 4.01. The lowest BCUT2D eigenvalue weighted by atomic mass is 9.79. The lowest BCUT2D eigenvalue weighted by Gasteiger charge is -2.31. The van der Waals surface area contributed by atoms with Crippen LogP contribution in [-0.4, -0.2) is 23.8 Å². The van der Waals surface area contributed by atoms with Crippen LogP contribution in [0.25, 0.3) is 0 Å². The van der Waals surface area contributed by atoms with Crippen LogP contribution < -0.4 is 0 Å². The van der Waals surface area contributed by atoms with E-state index in [4.69, 9.17) is 4.74 Å². The molecule has 3 heteroatoms. The van der Waals surface area contributed by atoms with Gasteiger partial charge in [0.15, 0.2) is 0 Å². The van der Waals surface area contributed by atoms with Crippen LogP contribution in [0.4, 0.5) is 0 Å². The third-order valence-corrected chi connectivity index (χ3v) is 2.84. The molecule has 1 N–H and O–H groups in total. The summed E-state index contributed by atoms with van der Waals surface area (Å²) in [6.45, 7) is 4.04. The van der Waals surface area contributed by atoms with Crippen molar-refractivity contribution in [3.8, 4) is 0 Å². The minimum Gasteiger partial charge on any atom is -0.466 e. The van der Waals surface area contributed by atoms with Crippen molar-refractivity contribution in [2.75, 3.05) is 6.61 Å². The Morgan fingerprint density at radius 2 is 2.23 bits per heavy atom. The molecule has 3 atom stereocenters. The Bertz CT molecular complexity index is 179. The van der Waals surface area contributed by atoms with Crippen LogP contribution in [0.1, 0.15) is 33.1 Å². The van der Waals surface area contributed by atoms with Crippen molar-refractivity contribution in [3.63, 3.8) is 0 Å². The molecule has 0 saturated heterocycles. The Labute approximate surface area is 79.1 Å². The zero-order valence-corrected chi connectivity index (χ0v) is 8.32. The van der Waals surface area contributed by atoms with Crippen molar-refractivity contribution < 1.29 is 14.6 Å². The number of esters is 1. The molecule has 0 spiro atoms. The topological polar surface area (TPSA) is 46.5 Å². The van der Waals surface area contributed by atoms with Crippen molar-refractivity contribution in [1.29, 1.82) is 0 Å². The monoisotopic (exact) mass is 186 g/mol. The van der Waals surface area contributed by atoms with Crippen LogP contribution in [0, 0.1) is 11.8 Å². The summed E-state index contributed by atoms with van der Waals surface area (Å²) < 4.78 is 4.95. The molecule has 1 saturated carbocycles. The normalized spacial score (nSPS) is 34.2. The summed E-state index contributed by atoms with van der Waals surface area (Å²) in [4.78, 5) is 10.6. The molecule has 0 heterocycles. The number of ether oxygens (including phenoxy) is 1. The van der Waals surface area contributed by atoms with Crippen molar-refractivity contribution >= 4 is 5.97 Å². The largest absolute Gasteiger partial charge is 0.466 e. The van der Waals surface area contributed by atoms with Crippen molar-refractivity contribution in [3.05, 3.63) is 0 Å². The first-order valence-electron chi connectivity index (χ1n) is 4.91. The van der Waals surface area contributed by atoms with Crippen LogP contribution in [0.15, 0.2) is 0 Å². The highest BCUT2D eigenvalue weighted by atomic mass is 16.5. The second kappa shape index (κ2) is 4.61. The van der Waals surface area contributed by atoms with Crippen LogP contribution in [0.2, 0.25) is 0 Å². The molecular formula is C10H18O3. The Hall–Kier alpha value is -0.570. The molecule has 3 nitrogen and oxygen atoms in total. The first kappa shape index (κ1) is 10.5. The quantitative estimate of drug-likeness (QED) is 0.662. The fraction of sp³-hybridized carbons (Fsp3) is 0.900. The zero-order chi connectivity index (χ0) is 9.84. The van der Waals surface area contributed by atoms with E-state index in [9.17, 15) is 9.90 Å². The Balaban J connectivity index is 2.33. The first-order chi connectivity index (χ1) is 6.09. The van der Waals surface area contributed by atoms with E-state index >= 15 is 0 Å². The van der Waals surface area contributed by atoms with Gasteiger partial charge >= 0.3 is 5.97 Å². The van der Waals surface area contributed by atoms with Gasteiger partial charge in [-0.3, -0.25) is 4.79 Å². The minimum atomic E-state index is -0.229. The molecule has 0 aromatic heterocycles. The van der Waals surface area contributed by atoms with Crippen molar-refractivity contribution in [2.45, 2.75) is 39.2 Å². The summed E-state index contributed by atoms with van der Waals surface area (Å²) in [5, 5.41) is 9.42. The Morgan fingerprint density at radius 3 is 2.85 bits per heavy atom. The smallest absolute Gasteiger partial charge is 0.302 e. The molecule has 0 bridgehead atoms. The molecule has 1 fully saturated rings. The maximum Gasteiger partial charge on any atom is 0.302 e. The highest BCUT2D eigenvalue weighted by Crippen LogP contribution is 2.29. The predicted octanol–water partition coefficient (Wildman–Crippen LogP) is 1.35. The van der Waals surface area contributed by atoms with E-state index in [-0.39, 0.29) is 12.1 Å². The van der Waals surface area contributed by atoms with Crippen LogP contribution in [0.3, 0.4) is 0 Å². The summed E-state index contributed by atoms with van der Waals surface area (Å²) in [5.41, 5.74) is 0. The molecule has 1 rings (SSSR count). The van der Waals surface area contributed by atoms with E-state index < -0.39 is 0 Å². The summed E-state index contributed by atoms with van der Waals surface area (Å²) in [6, 6.07) is 0. The number of aliphatic hydroxyl groups excluding tert-OH is 1. The van der Waals surface area contributed by atoms with E-state index in [2.05, 4.69) is 6.92 Å². The van der Waals surface area contributed by atoms with Crippen molar-refractivity contribution in [1.82, 2.24) is 0 Å². The molecular weight excluding hydrogens is 168 g/mol. The third-order valence-electron chi connectivity index (χ3n) is 2.84. The average Bonchev–Trinajstić information content (AvgIpc) is 2.06. The predicted molar refractivity (Wildman–Crippen MR) is 49.1 cm³/mol. The molecule has 1 aliphatic carbocycles. The van der Waals surface area contributed by atoms with Gasteiger partial charge in [0.2, 0.25) is 0 Å². The fourth-order valence-corrected chi connectivity index (χ4v) is 1.85. The number of rotatable bonds is 2. The van der Waals surface area contributed by atoms with E-state index in [1.54, 1.807) is 0 Å². The lowest BCUT2D eigenvalue weighted by molar-refractivity contribution is -0.143. The first-order valence-corrected chi connectivity index (χ1v) is 4.91. The SMILES string of the molecule is CC(=O)OCC1CC(O)CCC1C. The second-order valence-electron chi connectivity index (χ2n) is 4.01. The van der Waals surface area contributed by atoms with Gasteiger partial charge in [0.1, 0.15) is 0 Å². The maximum absolute atomic E-state index is 10.6. The number of hydrogen-bond acceptors (Lipinski definition) is 3. The van der Waals surface area contributed by atoms with Gasteiger partial charge in [-0.2, -0.15) is 0 Å². The molecule has 0 aromatic rings. The number of carbonyl (C=O) groups is 1.